The lowest BCUT2D eigenvalue weighted by molar-refractivity contribution is 0.0331. The van der Waals surface area contributed by atoms with Crippen molar-refractivity contribution in [2.24, 2.45) is 0 Å². The van der Waals surface area contributed by atoms with Crippen molar-refractivity contribution in [2.75, 3.05) is 26.3 Å². The van der Waals surface area contributed by atoms with Gasteiger partial charge in [-0.1, -0.05) is 18.2 Å². The molecule has 2 aromatic heterocycles. The van der Waals surface area contributed by atoms with Crippen molar-refractivity contribution in [3.63, 3.8) is 0 Å². The summed E-state index contributed by atoms with van der Waals surface area (Å²) in [6.07, 6.45) is 0. The molecule has 3 aromatic rings. The van der Waals surface area contributed by atoms with Gasteiger partial charge >= 0.3 is 0 Å². The zero-order valence-electron chi connectivity index (χ0n) is 12.9. The Morgan fingerprint density at radius 2 is 2.04 bits per heavy atom. The highest BCUT2D eigenvalue weighted by molar-refractivity contribution is 7.17. The SMILES string of the molecule is O=c1[nH]c(CN2CCOCC2)nc2scc(-c3ccccc3F)c12. The molecule has 1 aliphatic heterocycles. The molecule has 1 aromatic carbocycles. The van der Waals surface area contributed by atoms with E-state index in [0.29, 0.717) is 46.9 Å². The van der Waals surface area contributed by atoms with Crippen LogP contribution in [-0.2, 0) is 11.3 Å². The molecule has 0 spiro atoms. The summed E-state index contributed by atoms with van der Waals surface area (Å²) >= 11 is 1.37. The number of thiophene rings is 1. The van der Waals surface area contributed by atoms with Gasteiger partial charge in [-0.15, -0.1) is 11.3 Å². The Bertz CT molecular complexity index is 931. The van der Waals surface area contributed by atoms with Crippen LogP contribution in [0.1, 0.15) is 5.82 Å². The summed E-state index contributed by atoms with van der Waals surface area (Å²) in [6.45, 7) is 3.63. The van der Waals surface area contributed by atoms with Crippen LogP contribution in [0.15, 0.2) is 34.4 Å². The molecule has 1 saturated heterocycles. The average Bonchev–Trinajstić information content (AvgIpc) is 3.00. The van der Waals surface area contributed by atoms with Gasteiger partial charge in [-0.3, -0.25) is 9.69 Å². The van der Waals surface area contributed by atoms with E-state index in [1.165, 1.54) is 17.4 Å². The van der Waals surface area contributed by atoms with Crippen molar-refractivity contribution in [1.29, 1.82) is 0 Å². The predicted octanol–water partition coefficient (Wildman–Crippen LogP) is 2.62. The highest BCUT2D eigenvalue weighted by Gasteiger charge is 2.17. The van der Waals surface area contributed by atoms with Crippen LogP contribution in [0, 0.1) is 5.82 Å². The van der Waals surface area contributed by atoms with E-state index < -0.39 is 0 Å². The molecular formula is C17H16FN3O2S. The van der Waals surface area contributed by atoms with E-state index in [9.17, 15) is 9.18 Å². The molecule has 0 bridgehead atoms. The Kier molecular flexibility index (Phi) is 4.13. The molecule has 0 amide bonds. The summed E-state index contributed by atoms with van der Waals surface area (Å²) < 4.78 is 19.4. The van der Waals surface area contributed by atoms with Crippen molar-refractivity contribution in [3.8, 4) is 11.1 Å². The van der Waals surface area contributed by atoms with Gasteiger partial charge in [0, 0.05) is 29.6 Å². The van der Waals surface area contributed by atoms with E-state index in [4.69, 9.17) is 4.74 Å². The van der Waals surface area contributed by atoms with Crippen molar-refractivity contribution in [3.05, 3.63) is 51.6 Å². The zero-order chi connectivity index (χ0) is 16.5. The number of ether oxygens (including phenoxy) is 1. The van der Waals surface area contributed by atoms with Crippen LogP contribution in [0.2, 0.25) is 0 Å². The third-order valence-corrected chi connectivity index (χ3v) is 5.01. The van der Waals surface area contributed by atoms with Gasteiger partial charge in [0.2, 0.25) is 0 Å². The van der Waals surface area contributed by atoms with Gasteiger partial charge in [0.1, 0.15) is 16.5 Å². The van der Waals surface area contributed by atoms with Gasteiger partial charge < -0.3 is 9.72 Å². The largest absolute Gasteiger partial charge is 0.379 e. The summed E-state index contributed by atoms with van der Waals surface area (Å²) in [4.78, 5) is 22.8. The zero-order valence-corrected chi connectivity index (χ0v) is 13.7. The van der Waals surface area contributed by atoms with Crippen LogP contribution < -0.4 is 5.56 Å². The first-order valence-electron chi connectivity index (χ1n) is 7.78. The highest BCUT2D eigenvalue weighted by Crippen LogP contribution is 2.32. The van der Waals surface area contributed by atoms with E-state index in [-0.39, 0.29) is 11.4 Å². The quantitative estimate of drug-likeness (QED) is 0.793. The van der Waals surface area contributed by atoms with E-state index in [1.54, 1.807) is 23.6 Å². The lowest BCUT2D eigenvalue weighted by atomic mass is 10.1. The Morgan fingerprint density at radius 1 is 1.25 bits per heavy atom. The van der Waals surface area contributed by atoms with Crippen LogP contribution in [0.25, 0.3) is 21.3 Å². The third-order valence-electron chi connectivity index (χ3n) is 4.13. The number of rotatable bonds is 3. The minimum absolute atomic E-state index is 0.220. The monoisotopic (exact) mass is 345 g/mol. The van der Waals surface area contributed by atoms with Gasteiger partial charge in [0.05, 0.1) is 25.1 Å². The maximum Gasteiger partial charge on any atom is 0.260 e. The highest BCUT2D eigenvalue weighted by atomic mass is 32.1. The molecule has 3 heterocycles. The molecule has 1 N–H and O–H groups in total. The summed E-state index contributed by atoms with van der Waals surface area (Å²) in [6, 6.07) is 6.47. The molecule has 24 heavy (non-hydrogen) atoms. The lowest BCUT2D eigenvalue weighted by Gasteiger charge is -2.25. The van der Waals surface area contributed by atoms with Gasteiger partial charge in [0.25, 0.3) is 5.56 Å². The number of benzene rings is 1. The fourth-order valence-corrected chi connectivity index (χ4v) is 3.88. The minimum atomic E-state index is -0.339. The second-order valence-corrected chi connectivity index (χ2v) is 6.57. The van der Waals surface area contributed by atoms with Gasteiger partial charge in [-0.05, 0) is 6.07 Å². The third kappa shape index (κ3) is 2.86. The number of nitrogens with zero attached hydrogens (tertiary/aromatic N) is 2. The molecule has 0 unspecified atom stereocenters. The molecule has 0 aliphatic carbocycles. The van der Waals surface area contributed by atoms with E-state index in [1.807, 2.05) is 0 Å². The number of aromatic amines is 1. The smallest absolute Gasteiger partial charge is 0.260 e. The summed E-state index contributed by atoms with van der Waals surface area (Å²) in [5, 5.41) is 2.25. The Labute approximate surface area is 141 Å². The van der Waals surface area contributed by atoms with Crippen molar-refractivity contribution in [2.45, 2.75) is 6.54 Å². The van der Waals surface area contributed by atoms with Crippen molar-refractivity contribution in [1.82, 2.24) is 14.9 Å². The molecular weight excluding hydrogens is 329 g/mol. The summed E-state index contributed by atoms with van der Waals surface area (Å²) in [7, 11) is 0. The maximum atomic E-state index is 14.1. The van der Waals surface area contributed by atoms with E-state index in [2.05, 4.69) is 14.9 Å². The molecule has 4 rings (SSSR count). The maximum absolute atomic E-state index is 14.1. The summed E-state index contributed by atoms with van der Waals surface area (Å²) in [5.74, 6) is 0.297. The molecule has 0 atom stereocenters. The number of hydrogen-bond acceptors (Lipinski definition) is 5. The molecule has 0 saturated carbocycles. The average molecular weight is 345 g/mol. The van der Waals surface area contributed by atoms with Gasteiger partial charge in [-0.25, -0.2) is 9.37 Å². The fourth-order valence-electron chi connectivity index (χ4n) is 2.92. The second kappa shape index (κ2) is 6.43. The first-order valence-corrected chi connectivity index (χ1v) is 8.66. The van der Waals surface area contributed by atoms with Gasteiger partial charge in [-0.2, -0.15) is 0 Å². The van der Waals surface area contributed by atoms with Crippen molar-refractivity contribution < 1.29 is 9.13 Å². The Morgan fingerprint density at radius 3 is 2.83 bits per heavy atom. The van der Waals surface area contributed by atoms with Crippen LogP contribution in [0.4, 0.5) is 4.39 Å². The number of fused-ring (bicyclic) bond motifs is 1. The molecule has 0 radical (unpaired) electrons. The number of hydrogen-bond donors (Lipinski definition) is 1. The number of H-pyrrole nitrogens is 1. The van der Waals surface area contributed by atoms with Gasteiger partial charge in [0.15, 0.2) is 0 Å². The van der Waals surface area contributed by atoms with Crippen LogP contribution in [0.3, 0.4) is 0 Å². The molecule has 1 fully saturated rings. The van der Waals surface area contributed by atoms with E-state index >= 15 is 0 Å². The standard InChI is InChI=1S/C17H16FN3O2S/c18-13-4-2-1-3-11(13)12-10-24-17-15(12)16(22)19-14(20-17)9-21-5-7-23-8-6-21/h1-4,10H,5-9H2,(H,19,20,22). The van der Waals surface area contributed by atoms with Crippen molar-refractivity contribution >= 4 is 21.6 Å². The Balaban J connectivity index is 1.73. The van der Waals surface area contributed by atoms with Crippen LogP contribution >= 0.6 is 11.3 Å². The summed E-state index contributed by atoms with van der Waals surface area (Å²) in [5.41, 5.74) is 0.805. The number of morpholine rings is 1. The number of halogens is 1. The number of aromatic nitrogens is 2. The first kappa shape index (κ1) is 15.4. The Hall–Kier alpha value is -2.09. The van der Waals surface area contributed by atoms with E-state index in [0.717, 1.165) is 13.1 Å². The molecule has 7 heteroatoms. The van der Waals surface area contributed by atoms with Crippen LogP contribution in [-0.4, -0.2) is 41.2 Å². The number of nitrogens with one attached hydrogen (secondary N) is 1. The molecule has 124 valence electrons. The second-order valence-electron chi connectivity index (χ2n) is 5.71. The fraction of sp³-hybridized carbons (Fsp3) is 0.294. The first-order chi connectivity index (χ1) is 11.7. The normalized spacial score (nSPS) is 15.9. The molecule has 1 aliphatic rings. The lowest BCUT2D eigenvalue weighted by Crippen LogP contribution is -2.36. The van der Waals surface area contributed by atoms with Crippen LogP contribution in [0.5, 0.6) is 0 Å². The topological polar surface area (TPSA) is 58.2 Å². The predicted molar refractivity (Wildman–Crippen MR) is 91.7 cm³/mol. The minimum Gasteiger partial charge on any atom is -0.379 e. The molecule has 5 nitrogen and oxygen atoms in total.